The third-order valence-corrected chi connectivity index (χ3v) is 11.0. The van der Waals surface area contributed by atoms with Crippen molar-refractivity contribution in [2.75, 3.05) is 11.5 Å². The Morgan fingerprint density at radius 1 is 0.460 bits per heavy atom. The molecular weight excluding hydrogens is 613 g/mol. The highest BCUT2D eigenvalue weighted by Crippen LogP contribution is 2.48. The van der Waals surface area contributed by atoms with E-state index in [1.54, 1.807) is 0 Å². The summed E-state index contributed by atoms with van der Waals surface area (Å²) in [6.07, 6.45) is 26.1. The number of benzene rings is 4. The molecule has 1 aliphatic carbocycles. The fraction of sp³-hybridized carbons (Fsp3) is 0.478. The van der Waals surface area contributed by atoms with Gasteiger partial charge in [-0.2, -0.15) is 0 Å². The normalized spacial score (nSPS) is 14.4. The maximum Gasteiger partial charge on any atom is 0.127 e. The molecular formula is C46H62N2O2. The predicted molar refractivity (Wildman–Crippen MR) is 212 cm³/mol. The van der Waals surface area contributed by atoms with Gasteiger partial charge in [-0.05, 0) is 116 Å². The molecule has 50 heavy (non-hydrogen) atoms. The molecule has 0 bridgehead atoms. The molecule has 0 saturated heterocycles. The standard InChI is InChI=1S/C46H62N2O2/c1-2-3-4-5-6-7-8-9-10-11-12-13-14-15-16-37-33-35-46(36-34-37,38-17-25-42(26-18-38)49-44-29-21-40(47)22-30-44)39-19-27-43(28-20-39)50-45-31-23-41(48)24-32-45/h17-32,37H,2-16,33-36,47-48H2,1H3. The van der Waals surface area contributed by atoms with E-state index in [4.69, 9.17) is 20.9 Å². The third-order valence-electron chi connectivity index (χ3n) is 11.0. The molecule has 4 N–H and O–H groups in total. The van der Waals surface area contributed by atoms with Crippen LogP contribution >= 0.6 is 0 Å². The number of nitrogen functional groups attached to an aromatic ring is 2. The molecule has 1 saturated carbocycles. The lowest BCUT2D eigenvalue weighted by atomic mass is 9.62. The first kappa shape index (κ1) is 37.3. The molecule has 1 fully saturated rings. The van der Waals surface area contributed by atoms with Gasteiger partial charge in [-0.1, -0.05) is 128 Å². The number of anilines is 2. The Bertz CT molecular complexity index is 1400. The summed E-state index contributed by atoms with van der Waals surface area (Å²) in [6, 6.07) is 32.7. The quantitative estimate of drug-likeness (QED) is 0.0681. The lowest BCUT2D eigenvalue weighted by molar-refractivity contribution is 0.250. The molecule has 0 unspecified atom stereocenters. The molecule has 1 aliphatic rings. The van der Waals surface area contributed by atoms with Gasteiger partial charge in [0, 0.05) is 16.8 Å². The van der Waals surface area contributed by atoms with Crippen LogP contribution in [-0.4, -0.2) is 0 Å². The molecule has 0 amide bonds. The van der Waals surface area contributed by atoms with Gasteiger partial charge in [0.2, 0.25) is 0 Å². The third kappa shape index (κ3) is 11.6. The average molecular weight is 675 g/mol. The summed E-state index contributed by atoms with van der Waals surface area (Å²) in [5.74, 6) is 4.09. The number of unbranched alkanes of at least 4 members (excludes halogenated alkanes) is 13. The first-order valence-corrected chi connectivity index (χ1v) is 19.8. The first-order valence-electron chi connectivity index (χ1n) is 19.8. The van der Waals surface area contributed by atoms with E-state index in [2.05, 4.69) is 55.5 Å². The number of nitrogens with two attached hydrogens (primary N) is 2. The molecule has 4 nitrogen and oxygen atoms in total. The molecule has 0 aromatic heterocycles. The van der Waals surface area contributed by atoms with Crippen LogP contribution in [0.4, 0.5) is 11.4 Å². The zero-order valence-electron chi connectivity index (χ0n) is 30.7. The van der Waals surface area contributed by atoms with Crippen molar-refractivity contribution in [3.63, 3.8) is 0 Å². The molecule has 0 heterocycles. The Kier molecular flexibility index (Phi) is 15.0. The molecule has 0 radical (unpaired) electrons. The molecule has 5 rings (SSSR count). The van der Waals surface area contributed by atoms with Crippen molar-refractivity contribution in [2.24, 2.45) is 5.92 Å². The van der Waals surface area contributed by atoms with Crippen LogP contribution in [0.3, 0.4) is 0 Å². The van der Waals surface area contributed by atoms with E-state index in [0.717, 1.165) is 53.1 Å². The number of hydrogen-bond donors (Lipinski definition) is 2. The van der Waals surface area contributed by atoms with Gasteiger partial charge in [0.15, 0.2) is 0 Å². The van der Waals surface area contributed by atoms with Crippen LogP contribution in [-0.2, 0) is 5.41 Å². The van der Waals surface area contributed by atoms with Crippen molar-refractivity contribution in [3.8, 4) is 23.0 Å². The van der Waals surface area contributed by atoms with E-state index in [9.17, 15) is 0 Å². The van der Waals surface area contributed by atoms with Crippen LogP contribution in [0.15, 0.2) is 97.1 Å². The van der Waals surface area contributed by atoms with Crippen molar-refractivity contribution < 1.29 is 9.47 Å². The Hall–Kier alpha value is -3.92. The Labute approximate surface area is 303 Å². The van der Waals surface area contributed by atoms with Gasteiger partial charge in [-0.3, -0.25) is 0 Å². The van der Waals surface area contributed by atoms with Crippen molar-refractivity contribution in [1.82, 2.24) is 0 Å². The van der Waals surface area contributed by atoms with E-state index >= 15 is 0 Å². The zero-order chi connectivity index (χ0) is 34.9. The maximum atomic E-state index is 6.15. The van der Waals surface area contributed by atoms with Crippen molar-refractivity contribution in [3.05, 3.63) is 108 Å². The number of rotatable bonds is 21. The number of hydrogen-bond acceptors (Lipinski definition) is 4. The van der Waals surface area contributed by atoms with Crippen LogP contribution in [0.1, 0.15) is 140 Å². The Morgan fingerprint density at radius 3 is 1.14 bits per heavy atom. The second kappa shape index (κ2) is 20.1. The Morgan fingerprint density at radius 2 is 0.780 bits per heavy atom. The van der Waals surface area contributed by atoms with Gasteiger partial charge in [-0.25, -0.2) is 0 Å². The maximum absolute atomic E-state index is 6.15. The molecule has 268 valence electrons. The monoisotopic (exact) mass is 674 g/mol. The molecule has 0 atom stereocenters. The fourth-order valence-electron chi connectivity index (χ4n) is 7.86. The molecule has 4 heteroatoms. The molecule has 4 aromatic carbocycles. The highest BCUT2D eigenvalue weighted by molar-refractivity contribution is 5.47. The summed E-state index contributed by atoms with van der Waals surface area (Å²) >= 11 is 0. The van der Waals surface area contributed by atoms with Gasteiger partial charge in [-0.15, -0.1) is 0 Å². The molecule has 4 aromatic rings. The molecule has 0 aliphatic heterocycles. The minimum absolute atomic E-state index is 0.0224. The minimum atomic E-state index is -0.0224. The van der Waals surface area contributed by atoms with E-state index in [1.165, 1.54) is 120 Å². The van der Waals surface area contributed by atoms with E-state index in [-0.39, 0.29) is 5.41 Å². The summed E-state index contributed by atoms with van der Waals surface area (Å²) in [4.78, 5) is 0. The topological polar surface area (TPSA) is 70.5 Å². The highest BCUT2D eigenvalue weighted by Gasteiger charge is 2.38. The van der Waals surface area contributed by atoms with E-state index in [1.807, 2.05) is 48.5 Å². The van der Waals surface area contributed by atoms with Crippen LogP contribution in [0.2, 0.25) is 0 Å². The lowest BCUT2D eigenvalue weighted by Gasteiger charge is -2.41. The van der Waals surface area contributed by atoms with Crippen molar-refractivity contribution >= 4 is 11.4 Å². The highest BCUT2D eigenvalue weighted by atomic mass is 16.5. The van der Waals surface area contributed by atoms with Gasteiger partial charge < -0.3 is 20.9 Å². The van der Waals surface area contributed by atoms with Gasteiger partial charge >= 0.3 is 0 Å². The van der Waals surface area contributed by atoms with Crippen LogP contribution in [0.25, 0.3) is 0 Å². The van der Waals surface area contributed by atoms with Gasteiger partial charge in [0.05, 0.1) is 0 Å². The second-order valence-electron chi connectivity index (χ2n) is 14.8. The summed E-state index contributed by atoms with van der Waals surface area (Å²) < 4.78 is 12.3. The predicted octanol–water partition coefficient (Wildman–Crippen LogP) is 13.8. The minimum Gasteiger partial charge on any atom is -0.457 e. The van der Waals surface area contributed by atoms with Crippen molar-refractivity contribution in [1.29, 1.82) is 0 Å². The Balaban J connectivity index is 1.12. The lowest BCUT2D eigenvalue weighted by Crippen LogP contribution is -2.33. The summed E-state index contributed by atoms with van der Waals surface area (Å²) in [7, 11) is 0. The molecule has 0 spiro atoms. The average Bonchev–Trinajstić information content (AvgIpc) is 3.14. The first-order chi connectivity index (χ1) is 24.5. The van der Waals surface area contributed by atoms with Crippen LogP contribution < -0.4 is 20.9 Å². The van der Waals surface area contributed by atoms with Gasteiger partial charge in [0.25, 0.3) is 0 Å². The second-order valence-corrected chi connectivity index (χ2v) is 14.8. The fourth-order valence-corrected chi connectivity index (χ4v) is 7.86. The largest absolute Gasteiger partial charge is 0.457 e. The van der Waals surface area contributed by atoms with Crippen molar-refractivity contribution in [2.45, 2.75) is 134 Å². The summed E-state index contributed by atoms with van der Waals surface area (Å²) in [5, 5.41) is 0. The summed E-state index contributed by atoms with van der Waals surface area (Å²) in [5.41, 5.74) is 15.9. The van der Waals surface area contributed by atoms with E-state index < -0.39 is 0 Å². The van der Waals surface area contributed by atoms with Crippen LogP contribution in [0.5, 0.6) is 23.0 Å². The van der Waals surface area contributed by atoms with Gasteiger partial charge in [0.1, 0.15) is 23.0 Å². The summed E-state index contributed by atoms with van der Waals surface area (Å²) in [6.45, 7) is 2.30. The smallest absolute Gasteiger partial charge is 0.127 e. The van der Waals surface area contributed by atoms with Crippen LogP contribution in [0, 0.1) is 5.92 Å². The van der Waals surface area contributed by atoms with E-state index in [0.29, 0.717) is 0 Å². The zero-order valence-corrected chi connectivity index (χ0v) is 30.7. The number of ether oxygens (including phenoxy) is 2. The SMILES string of the molecule is CCCCCCCCCCCCCCCCC1CCC(c2ccc(Oc3ccc(N)cc3)cc2)(c2ccc(Oc3ccc(N)cc3)cc2)CC1.